The highest BCUT2D eigenvalue weighted by Gasteiger charge is 2.62. The number of nitrogens with one attached hydrogen (secondary N) is 1. The van der Waals surface area contributed by atoms with Crippen molar-refractivity contribution in [2.24, 2.45) is 39.7 Å². The van der Waals surface area contributed by atoms with Crippen LogP contribution in [-0.2, 0) is 9.59 Å². The lowest BCUT2D eigenvalue weighted by molar-refractivity contribution is -0.173. The Morgan fingerprint density at radius 1 is 1.21 bits per heavy atom. The highest BCUT2D eigenvalue weighted by molar-refractivity contribution is 7.99. The van der Waals surface area contributed by atoms with Crippen LogP contribution in [0.15, 0.2) is 5.16 Å². The minimum Gasteiger partial charge on any atom is -0.411 e. The summed E-state index contributed by atoms with van der Waals surface area (Å²) in [6.07, 6.45) is 4.43. The first kappa shape index (κ1) is 24.9. The second kappa shape index (κ2) is 9.42. The predicted octanol–water partition coefficient (Wildman–Crippen LogP) is 5.21. The van der Waals surface area contributed by atoms with Crippen LogP contribution >= 0.6 is 11.8 Å². The van der Waals surface area contributed by atoms with E-state index in [0.29, 0.717) is 47.9 Å². The third kappa shape index (κ3) is 4.43. The fourth-order valence-corrected chi connectivity index (χ4v) is 9.19. The van der Waals surface area contributed by atoms with Crippen LogP contribution in [0.2, 0.25) is 0 Å². The van der Waals surface area contributed by atoms with Crippen molar-refractivity contribution in [3.8, 4) is 0 Å². The van der Waals surface area contributed by atoms with E-state index in [1.165, 1.54) is 12.8 Å². The number of amides is 1. The number of hydrogen-bond donors (Lipinski definition) is 2. The van der Waals surface area contributed by atoms with Crippen molar-refractivity contribution in [1.29, 1.82) is 0 Å². The lowest BCUT2D eigenvalue weighted by atomic mass is 9.45. The molecule has 0 spiro atoms. The zero-order chi connectivity index (χ0) is 23.9. The number of fused-ring (bicyclic) bond motifs is 5. The Morgan fingerprint density at radius 3 is 2.73 bits per heavy atom. The maximum Gasteiger partial charge on any atom is 0.471 e. The van der Waals surface area contributed by atoms with Crippen LogP contribution in [0.3, 0.4) is 0 Å². The largest absolute Gasteiger partial charge is 0.471 e. The van der Waals surface area contributed by atoms with Crippen molar-refractivity contribution in [2.75, 3.05) is 18.1 Å². The van der Waals surface area contributed by atoms with Crippen molar-refractivity contribution < 1.29 is 28.0 Å². The van der Waals surface area contributed by atoms with Gasteiger partial charge in [0.2, 0.25) is 0 Å². The van der Waals surface area contributed by atoms with E-state index in [0.717, 1.165) is 44.2 Å². The molecule has 0 bridgehead atoms. The molecule has 1 amide bonds. The molecule has 4 saturated carbocycles. The minimum atomic E-state index is -4.85. The molecule has 9 heteroatoms. The van der Waals surface area contributed by atoms with Crippen molar-refractivity contribution in [3.05, 3.63) is 0 Å². The topological polar surface area (TPSA) is 78.8 Å². The maximum absolute atomic E-state index is 13.2. The summed E-state index contributed by atoms with van der Waals surface area (Å²) in [4.78, 5) is 24.1. The standard InChI is InChI=1S/C24H35F3N2O3S/c1-22-9-3-2-5-18(22)19(29-32)13-15-16(22)8-10-23(17(15)6-7-20(23)30)14-33-12-4-11-28-21(31)24(25,26)27/h15-18,32H,2-14H2,1H3,(H,28,31)/b29-19+/t15-,16+,17+,18?,22-,23-/m1/s1. The lowest BCUT2D eigenvalue weighted by Gasteiger charge is -2.59. The normalized spacial score (nSPS) is 39.6. The second-order valence-corrected chi connectivity index (χ2v) is 11.9. The van der Waals surface area contributed by atoms with E-state index in [1.807, 2.05) is 5.32 Å². The summed E-state index contributed by atoms with van der Waals surface area (Å²) in [7, 11) is 0. The molecule has 0 heterocycles. The molecule has 0 aromatic rings. The molecular weight excluding hydrogens is 453 g/mol. The molecule has 0 radical (unpaired) electrons. The summed E-state index contributed by atoms with van der Waals surface area (Å²) in [5.74, 6) is 1.30. The summed E-state index contributed by atoms with van der Waals surface area (Å²) in [5, 5.41) is 15.5. The molecule has 4 aliphatic carbocycles. The summed E-state index contributed by atoms with van der Waals surface area (Å²) >= 11 is 1.62. The highest BCUT2D eigenvalue weighted by Crippen LogP contribution is 2.65. The molecular formula is C24H35F3N2O3S. The maximum atomic E-state index is 13.2. The molecule has 0 aromatic heterocycles. The van der Waals surface area contributed by atoms with Gasteiger partial charge in [-0.1, -0.05) is 24.9 Å². The van der Waals surface area contributed by atoms with Crippen LogP contribution in [0.5, 0.6) is 0 Å². The van der Waals surface area contributed by atoms with Gasteiger partial charge in [0.15, 0.2) is 0 Å². The zero-order valence-electron chi connectivity index (χ0n) is 19.3. The van der Waals surface area contributed by atoms with Gasteiger partial charge in [-0.05, 0) is 73.9 Å². The Morgan fingerprint density at radius 2 is 2.00 bits per heavy atom. The van der Waals surface area contributed by atoms with E-state index >= 15 is 0 Å². The van der Waals surface area contributed by atoms with Gasteiger partial charge in [0.25, 0.3) is 0 Å². The summed E-state index contributed by atoms with van der Waals surface area (Å²) < 4.78 is 36.9. The number of thioether (sulfide) groups is 1. The summed E-state index contributed by atoms with van der Waals surface area (Å²) in [5.41, 5.74) is 0.714. The molecule has 33 heavy (non-hydrogen) atoms. The molecule has 2 N–H and O–H groups in total. The van der Waals surface area contributed by atoms with Crippen molar-refractivity contribution in [2.45, 2.75) is 77.3 Å². The molecule has 4 aliphatic rings. The Kier molecular flexibility index (Phi) is 7.10. The van der Waals surface area contributed by atoms with Gasteiger partial charge < -0.3 is 10.5 Å². The molecule has 186 valence electrons. The number of hydrogen-bond acceptors (Lipinski definition) is 5. The number of carbonyl (C=O) groups is 2. The molecule has 0 aliphatic heterocycles. The van der Waals surface area contributed by atoms with Crippen molar-refractivity contribution in [1.82, 2.24) is 5.32 Å². The SMILES string of the molecule is C[C@]12CCCCC1/C(=N/O)C[C@H]1[C@@H]3CCC(=O)[C@@]3(CSCCCNC(=O)C(F)(F)F)CC[C@@H]12. The number of nitrogens with zero attached hydrogens (tertiary/aromatic N) is 1. The number of carbonyl (C=O) groups excluding carboxylic acids is 2. The number of halogens is 3. The van der Waals surface area contributed by atoms with Gasteiger partial charge in [0.1, 0.15) is 5.78 Å². The lowest BCUT2D eigenvalue weighted by Crippen LogP contribution is -2.57. The van der Waals surface area contributed by atoms with Gasteiger partial charge in [-0.15, -0.1) is 0 Å². The molecule has 6 atom stereocenters. The molecule has 1 unspecified atom stereocenters. The zero-order valence-corrected chi connectivity index (χ0v) is 20.1. The molecule has 0 aromatic carbocycles. The third-order valence-electron chi connectivity index (χ3n) is 9.33. The number of oxime groups is 1. The number of alkyl halides is 3. The van der Waals surface area contributed by atoms with Gasteiger partial charge in [0, 0.05) is 30.1 Å². The van der Waals surface area contributed by atoms with E-state index in [4.69, 9.17) is 0 Å². The monoisotopic (exact) mass is 488 g/mol. The van der Waals surface area contributed by atoms with E-state index in [9.17, 15) is 28.0 Å². The van der Waals surface area contributed by atoms with Gasteiger partial charge in [-0.25, -0.2) is 0 Å². The molecule has 5 nitrogen and oxygen atoms in total. The first-order valence-corrected chi connectivity index (χ1v) is 13.5. The second-order valence-electron chi connectivity index (χ2n) is 10.8. The molecule has 4 rings (SSSR count). The quantitative estimate of drug-likeness (QED) is 0.306. The fourth-order valence-electron chi connectivity index (χ4n) is 7.81. The predicted molar refractivity (Wildman–Crippen MR) is 121 cm³/mol. The first-order chi connectivity index (χ1) is 15.6. The average Bonchev–Trinajstić information content (AvgIpc) is 3.11. The van der Waals surface area contributed by atoms with Crippen LogP contribution in [0, 0.1) is 34.5 Å². The number of Topliss-reactive ketones (excluding diaryl/α,β-unsaturated/α-hetero) is 1. The van der Waals surface area contributed by atoms with Gasteiger partial charge in [-0.2, -0.15) is 24.9 Å². The highest BCUT2D eigenvalue weighted by atomic mass is 32.2. The minimum absolute atomic E-state index is 0.0174. The van der Waals surface area contributed by atoms with Crippen molar-refractivity contribution >= 4 is 29.2 Å². The number of ketones is 1. The van der Waals surface area contributed by atoms with Crippen LogP contribution in [0.25, 0.3) is 0 Å². The summed E-state index contributed by atoms with van der Waals surface area (Å²) in [6.45, 7) is 2.36. The molecule has 4 fully saturated rings. The Hall–Kier alpha value is -1.25. The van der Waals surface area contributed by atoms with E-state index in [1.54, 1.807) is 11.8 Å². The third-order valence-corrected chi connectivity index (χ3v) is 10.6. The van der Waals surface area contributed by atoms with E-state index < -0.39 is 12.1 Å². The van der Waals surface area contributed by atoms with Gasteiger partial charge in [0.05, 0.1) is 5.71 Å². The summed E-state index contributed by atoms with van der Waals surface area (Å²) in [6, 6.07) is 0. The van der Waals surface area contributed by atoms with E-state index in [2.05, 4.69) is 12.1 Å². The van der Waals surface area contributed by atoms with Gasteiger partial charge >= 0.3 is 12.1 Å². The average molecular weight is 489 g/mol. The molecule has 0 saturated heterocycles. The van der Waals surface area contributed by atoms with Crippen LogP contribution in [0.1, 0.15) is 71.1 Å². The van der Waals surface area contributed by atoms with Crippen LogP contribution in [0.4, 0.5) is 13.2 Å². The smallest absolute Gasteiger partial charge is 0.411 e. The van der Waals surface area contributed by atoms with Gasteiger partial charge in [-0.3, -0.25) is 9.59 Å². The van der Waals surface area contributed by atoms with Crippen LogP contribution in [-0.4, -0.2) is 46.8 Å². The Bertz CT molecular complexity index is 804. The first-order valence-electron chi connectivity index (χ1n) is 12.3. The Balaban J connectivity index is 1.40. The van der Waals surface area contributed by atoms with Crippen LogP contribution < -0.4 is 5.32 Å². The fraction of sp³-hybridized carbons (Fsp3) is 0.875. The number of rotatable bonds is 6. The Labute approximate surface area is 197 Å². The van der Waals surface area contributed by atoms with E-state index in [-0.39, 0.29) is 23.3 Å². The van der Waals surface area contributed by atoms with Crippen molar-refractivity contribution in [3.63, 3.8) is 0 Å².